The lowest BCUT2D eigenvalue weighted by Gasteiger charge is -2.21. The Bertz CT molecular complexity index is 1150. The molecule has 1 aliphatic rings. The summed E-state index contributed by atoms with van der Waals surface area (Å²) in [6, 6.07) is 12.1. The van der Waals surface area contributed by atoms with Gasteiger partial charge in [0.1, 0.15) is 18.1 Å². The van der Waals surface area contributed by atoms with Gasteiger partial charge in [0.15, 0.2) is 0 Å². The molecule has 0 unspecified atom stereocenters. The number of hydrogen-bond donors (Lipinski definition) is 1. The van der Waals surface area contributed by atoms with Crippen molar-refractivity contribution in [2.24, 2.45) is 0 Å². The van der Waals surface area contributed by atoms with Gasteiger partial charge in [-0.15, -0.1) is 0 Å². The maximum Gasteiger partial charge on any atom is 0.244 e. The molecule has 0 radical (unpaired) electrons. The number of aromatic nitrogens is 4. The Morgan fingerprint density at radius 2 is 2.16 bits per heavy atom. The number of hydrogen-bond acceptors (Lipinski definition) is 7. The van der Waals surface area contributed by atoms with E-state index in [1.807, 2.05) is 12.1 Å². The van der Waals surface area contributed by atoms with Gasteiger partial charge in [-0.1, -0.05) is 23.4 Å². The molecular weight excluding hydrogens is 394 g/mol. The van der Waals surface area contributed by atoms with E-state index in [1.54, 1.807) is 19.4 Å². The molecule has 3 aromatic heterocycles. The quantitative estimate of drug-likeness (QED) is 0.432. The van der Waals surface area contributed by atoms with Gasteiger partial charge >= 0.3 is 0 Å². The SMILES string of the molecule is COCCOc1ccnc(-c2noc([C@@H]3CCCN3Cc3c[nH]c4ccccc34)n2)c1. The van der Waals surface area contributed by atoms with Crippen molar-refractivity contribution >= 4 is 10.9 Å². The number of ether oxygens (including phenoxy) is 2. The Labute approximate surface area is 180 Å². The minimum Gasteiger partial charge on any atom is -0.491 e. The van der Waals surface area contributed by atoms with Crippen LogP contribution < -0.4 is 4.74 Å². The third-order valence-corrected chi connectivity index (χ3v) is 5.66. The molecule has 8 heteroatoms. The molecule has 5 rings (SSSR count). The van der Waals surface area contributed by atoms with Crippen LogP contribution in [0.1, 0.15) is 30.3 Å². The summed E-state index contributed by atoms with van der Waals surface area (Å²) in [6.07, 6.45) is 5.88. The molecule has 1 saturated heterocycles. The average molecular weight is 419 g/mol. The van der Waals surface area contributed by atoms with E-state index in [0.717, 1.165) is 31.4 Å². The highest BCUT2D eigenvalue weighted by Crippen LogP contribution is 2.34. The van der Waals surface area contributed by atoms with E-state index in [-0.39, 0.29) is 6.04 Å². The van der Waals surface area contributed by atoms with Gasteiger partial charge in [0.05, 0.1) is 12.6 Å². The zero-order chi connectivity index (χ0) is 21.0. The van der Waals surface area contributed by atoms with E-state index < -0.39 is 0 Å². The number of aromatic amines is 1. The predicted molar refractivity (Wildman–Crippen MR) is 116 cm³/mol. The molecule has 0 saturated carbocycles. The highest BCUT2D eigenvalue weighted by atomic mass is 16.5. The molecule has 0 bridgehead atoms. The second kappa shape index (κ2) is 8.87. The van der Waals surface area contributed by atoms with Gasteiger partial charge in [0, 0.05) is 43.0 Å². The van der Waals surface area contributed by atoms with Crippen molar-refractivity contribution in [3.8, 4) is 17.3 Å². The van der Waals surface area contributed by atoms with E-state index in [9.17, 15) is 0 Å². The number of benzene rings is 1. The minimum absolute atomic E-state index is 0.107. The van der Waals surface area contributed by atoms with Crippen LogP contribution in [0.4, 0.5) is 0 Å². The topological polar surface area (TPSA) is 89.3 Å². The maximum absolute atomic E-state index is 5.67. The number of para-hydroxylation sites is 1. The first-order chi connectivity index (χ1) is 15.3. The second-order valence-corrected chi connectivity index (χ2v) is 7.66. The molecule has 1 N–H and O–H groups in total. The van der Waals surface area contributed by atoms with Gasteiger partial charge in [-0.3, -0.25) is 9.88 Å². The van der Waals surface area contributed by atoms with Crippen molar-refractivity contribution in [2.75, 3.05) is 26.9 Å². The lowest BCUT2D eigenvalue weighted by atomic mass is 10.1. The highest BCUT2D eigenvalue weighted by molar-refractivity contribution is 5.82. The van der Waals surface area contributed by atoms with E-state index in [2.05, 4.69) is 49.4 Å². The molecule has 4 aromatic rings. The van der Waals surface area contributed by atoms with Crippen molar-refractivity contribution < 1.29 is 14.0 Å². The van der Waals surface area contributed by atoms with Crippen molar-refractivity contribution in [3.63, 3.8) is 0 Å². The number of likely N-dealkylation sites (tertiary alicyclic amines) is 1. The zero-order valence-corrected chi connectivity index (χ0v) is 17.5. The maximum atomic E-state index is 5.67. The fourth-order valence-corrected chi connectivity index (χ4v) is 4.12. The summed E-state index contributed by atoms with van der Waals surface area (Å²) >= 11 is 0. The smallest absolute Gasteiger partial charge is 0.244 e. The lowest BCUT2D eigenvalue weighted by Crippen LogP contribution is -2.22. The average Bonchev–Trinajstić information content (AvgIpc) is 3.55. The molecule has 0 aliphatic carbocycles. The molecule has 160 valence electrons. The fraction of sp³-hybridized carbons (Fsp3) is 0.348. The minimum atomic E-state index is 0.107. The molecule has 31 heavy (non-hydrogen) atoms. The standard InChI is InChI=1S/C23H25N5O3/c1-29-11-12-30-17-8-9-24-20(13-17)22-26-23(31-27-22)21-7-4-10-28(21)15-16-14-25-19-6-3-2-5-18(16)19/h2-3,5-6,8-9,13-14,21,25H,4,7,10-12,15H2,1H3/t21-/m0/s1. The molecule has 1 fully saturated rings. The van der Waals surface area contributed by atoms with Gasteiger partial charge in [-0.05, 0) is 37.1 Å². The Balaban J connectivity index is 1.32. The van der Waals surface area contributed by atoms with Crippen molar-refractivity contribution in [3.05, 3.63) is 60.2 Å². The van der Waals surface area contributed by atoms with Gasteiger partial charge in [0.25, 0.3) is 0 Å². The Kier molecular flexibility index (Phi) is 5.64. The normalized spacial score (nSPS) is 16.9. The predicted octanol–water partition coefficient (Wildman–Crippen LogP) is 3.98. The number of rotatable bonds is 8. The van der Waals surface area contributed by atoms with Crippen molar-refractivity contribution in [1.29, 1.82) is 0 Å². The summed E-state index contributed by atoms with van der Waals surface area (Å²) in [7, 11) is 1.65. The third-order valence-electron chi connectivity index (χ3n) is 5.66. The third kappa shape index (κ3) is 4.17. The number of fused-ring (bicyclic) bond motifs is 1. The monoisotopic (exact) mass is 419 g/mol. The van der Waals surface area contributed by atoms with Gasteiger partial charge in [0.2, 0.25) is 11.7 Å². The van der Waals surface area contributed by atoms with Crippen LogP contribution in [-0.2, 0) is 11.3 Å². The van der Waals surface area contributed by atoms with Crippen molar-refractivity contribution in [2.45, 2.75) is 25.4 Å². The van der Waals surface area contributed by atoms with E-state index in [1.165, 1.54) is 10.9 Å². The van der Waals surface area contributed by atoms with Crippen LogP contribution in [-0.4, -0.2) is 51.9 Å². The highest BCUT2D eigenvalue weighted by Gasteiger charge is 2.31. The van der Waals surface area contributed by atoms with Crippen LogP contribution in [0.3, 0.4) is 0 Å². The van der Waals surface area contributed by atoms with Gasteiger partial charge in [-0.2, -0.15) is 4.98 Å². The van der Waals surface area contributed by atoms with Crippen LogP contribution in [0.25, 0.3) is 22.4 Å². The summed E-state index contributed by atoms with van der Waals surface area (Å²) in [6.45, 7) is 2.84. The van der Waals surface area contributed by atoms with Crippen LogP contribution in [0.15, 0.2) is 53.3 Å². The van der Waals surface area contributed by atoms with Crippen LogP contribution in [0, 0.1) is 0 Å². The molecule has 0 spiro atoms. The summed E-state index contributed by atoms with van der Waals surface area (Å²) in [5.41, 5.74) is 3.07. The molecule has 4 heterocycles. The zero-order valence-electron chi connectivity index (χ0n) is 17.5. The van der Waals surface area contributed by atoms with E-state index in [0.29, 0.717) is 36.4 Å². The van der Waals surface area contributed by atoms with E-state index in [4.69, 9.17) is 14.0 Å². The summed E-state index contributed by atoms with van der Waals surface area (Å²) in [4.78, 5) is 14.8. The number of nitrogens with zero attached hydrogens (tertiary/aromatic N) is 4. The number of pyridine rings is 1. The first-order valence-electron chi connectivity index (χ1n) is 10.5. The Morgan fingerprint density at radius 3 is 3.10 bits per heavy atom. The first kappa shape index (κ1) is 19.7. The largest absolute Gasteiger partial charge is 0.491 e. The first-order valence-corrected chi connectivity index (χ1v) is 10.5. The molecule has 1 aliphatic heterocycles. The number of methoxy groups -OCH3 is 1. The van der Waals surface area contributed by atoms with Gasteiger partial charge < -0.3 is 19.0 Å². The van der Waals surface area contributed by atoms with Crippen molar-refractivity contribution in [1.82, 2.24) is 25.0 Å². The number of H-pyrrole nitrogens is 1. The van der Waals surface area contributed by atoms with Crippen LogP contribution in [0.5, 0.6) is 5.75 Å². The Hall–Kier alpha value is -3.23. The summed E-state index contributed by atoms with van der Waals surface area (Å²) < 4.78 is 16.4. The van der Waals surface area contributed by atoms with Gasteiger partial charge in [-0.25, -0.2) is 0 Å². The van der Waals surface area contributed by atoms with Crippen LogP contribution >= 0.6 is 0 Å². The summed E-state index contributed by atoms with van der Waals surface area (Å²) in [5.74, 6) is 1.82. The molecule has 1 atom stereocenters. The van der Waals surface area contributed by atoms with E-state index >= 15 is 0 Å². The Morgan fingerprint density at radius 1 is 1.23 bits per heavy atom. The molecule has 8 nitrogen and oxygen atoms in total. The molecule has 1 aromatic carbocycles. The fourth-order valence-electron chi connectivity index (χ4n) is 4.12. The number of nitrogens with one attached hydrogen (secondary N) is 1. The van der Waals surface area contributed by atoms with Crippen LogP contribution in [0.2, 0.25) is 0 Å². The lowest BCUT2D eigenvalue weighted by molar-refractivity contribution is 0.146. The molecular formula is C23H25N5O3. The second-order valence-electron chi connectivity index (χ2n) is 7.66. The molecule has 0 amide bonds. The summed E-state index contributed by atoms with van der Waals surface area (Å²) in [5, 5.41) is 5.45.